The summed E-state index contributed by atoms with van der Waals surface area (Å²) in [5.41, 5.74) is 0.314. The first-order chi connectivity index (χ1) is 10.8. The molecule has 0 spiro atoms. The lowest BCUT2D eigenvalue weighted by Crippen LogP contribution is -2.35. The van der Waals surface area contributed by atoms with Crippen molar-refractivity contribution in [2.75, 3.05) is 6.61 Å². The minimum atomic E-state index is -0.641. The predicted octanol–water partition coefficient (Wildman–Crippen LogP) is 4.24. The van der Waals surface area contributed by atoms with E-state index in [1.807, 2.05) is 26.8 Å². The molecular weight excluding hydrogens is 292 g/mol. The van der Waals surface area contributed by atoms with Crippen LogP contribution in [0.2, 0.25) is 0 Å². The summed E-state index contributed by atoms with van der Waals surface area (Å²) in [6.45, 7) is 8.24. The number of benzene rings is 1. The molecule has 0 aromatic heterocycles. The second-order valence-corrected chi connectivity index (χ2v) is 6.83. The van der Waals surface area contributed by atoms with Crippen LogP contribution in [-0.4, -0.2) is 29.4 Å². The zero-order valence-electron chi connectivity index (χ0n) is 14.8. The molecular formula is C19H30O4. The van der Waals surface area contributed by atoms with E-state index in [2.05, 4.69) is 6.92 Å². The van der Waals surface area contributed by atoms with E-state index in [4.69, 9.17) is 9.47 Å². The fourth-order valence-corrected chi connectivity index (χ4v) is 2.23. The molecule has 0 saturated heterocycles. The Morgan fingerprint density at radius 1 is 1.22 bits per heavy atom. The highest BCUT2D eigenvalue weighted by atomic mass is 16.6. The van der Waals surface area contributed by atoms with Crippen LogP contribution in [0, 0.1) is 0 Å². The number of rotatable bonds is 9. The van der Waals surface area contributed by atoms with Crippen LogP contribution < -0.4 is 0 Å². The monoisotopic (exact) mass is 322 g/mol. The van der Waals surface area contributed by atoms with Crippen LogP contribution in [0.1, 0.15) is 58.9 Å². The average molecular weight is 322 g/mol. The van der Waals surface area contributed by atoms with Crippen LogP contribution in [-0.2, 0) is 20.7 Å². The number of hydrogen-bond acceptors (Lipinski definition) is 4. The van der Waals surface area contributed by atoms with Crippen molar-refractivity contribution >= 4 is 5.97 Å². The molecule has 23 heavy (non-hydrogen) atoms. The molecule has 4 heteroatoms. The maximum Gasteiger partial charge on any atom is 0.336 e. The molecule has 1 unspecified atom stereocenters. The Balaban J connectivity index is 2.65. The van der Waals surface area contributed by atoms with Crippen molar-refractivity contribution in [3.8, 4) is 5.75 Å². The Morgan fingerprint density at radius 2 is 1.96 bits per heavy atom. The number of esters is 1. The van der Waals surface area contributed by atoms with Crippen molar-refractivity contribution in [2.24, 2.45) is 0 Å². The van der Waals surface area contributed by atoms with Gasteiger partial charge in [0.15, 0.2) is 6.10 Å². The maximum atomic E-state index is 12.4. The smallest absolute Gasteiger partial charge is 0.336 e. The molecule has 1 N–H and O–H groups in total. The standard InChI is InChI=1S/C19H30O4/c1-5-6-7-8-12-22-17(18(21)23-19(2,3)4)14-15-10-9-11-16(20)13-15/h9-11,13,17,20H,5-8,12,14H2,1-4H3. The summed E-state index contributed by atoms with van der Waals surface area (Å²) >= 11 is 0. The number of phenols is 1. The summed E-state index contributed by atoms with van der Waals surface area (Å²) in [6, 6.07) is 6.89. The number of unbranched alkanes of at least 4 members (excludes halogenated alkanes) is 3. The van der Waals surface area contributed by atoms with Gasteiger partial charge >= 0.3 is 5.97 Å². The van der Waals surface area contributed by atoms with Gasteiger partial charge in [-0.05, 0) is 44.9 Å². The van der Waals surface area contributed by atoms with Gasteiger partial charge in [0.25, 0.3) is 0 Å². The molecule has 1 rings (SSSR count). The van der Waals surface area contributed by atoms with Gasteiger partial charge in [-0.25, -0.2) is 4.79 Å². The van der Waals surface area contributed by atoms with E-state index in [-0.39, 0.29) is 11.7 Å². The summed E-state index contributed by atoms with van der Waals surface area (Å²) in [4.78, 5) is 12.4. The highest BCUT2D eigenvalue weighted by molar-refractivity contribution is 5.75. The lowest BCUT2D eigenvalue weighted by molar-refractivity contribution is -0.168. The van der Waals surface area contributed by atoms with Crippen LogP contribution >= 0.6 is 0 Å². The van der Waals surface area contributed by atoms with Crippen molar-refractivity contribution in [1.82, 2.24) is 0 Å². The highest BCUT2D eigenvalue weighted by Crippen LogP contribution is 2.17. The van der Waals surface area contributed by atoms with E-state index in [1.165, 1.54) is 12.8 Å². The summed E-state index contributed by atoms with van der Waals surface area (Å²) in [7, 11) is 0. The molecule has 0 heterocycles. The molecule has 0 saturated carbocycles. The summed E-state index contributed by atoms with van der Waals surface area (Å²) in [6.07, 6.45) is 4.14. The van der Waals surface area contributed by atoms with E-state index >= 15 is 0 Å². The fourth-order valence-electron chi connectivity index (χ4n) is 2.23. The van der Waals surface area contributed by atoms with Crippen molar-refractivity contribution in [1.29, 1.82) is 0 Å². The summed E-state index contributed by atoms with van der Waals surface area (Å²) < 4.78 is 11.2. The van der Waals surface area contributed by atoms with Crippen molar-refractivity contribution in [3.63, 3.8) is 0 Å². The van der Waals surface area contributed by atoms with E-state index < -0.39 is 11.7 Å². The van der Waals surface area contributed by atoms with E-state index in [9.17, 15) is 9.90 Å². The first-order valence-electron chi connectivity index (χ1n) is 8.44. The largest absolute Gasteiger partial charge is 0.508 e. The Morgan fingerprint density at radius 3 is 2.57 bits per heavy atom. The van der Waals surface area contributed by atoms with Crippen molar-refractivity contribution in [3.05, 3.63) is 29.8 Å². The summed E-state index contributed by atoms with van der Waals surface area (Å²) in [5, 5.41) is 9.57. The highest BCUT2D eigenvalue weighted by Gasteiger charge is 2.26. The average Bonchev–Trinajstić information content (AvgIpc) is 2.44. The molecule has 0 aliphatic rings. The molecule has 0 bridgehead atoms. The number of carbonyl (C=O) groups is 1. The molecule has 1 aromatic carbocycles. The number of carbonyl (C=O) groups excluding carboxylic acids is 1. The SMILES string of the molecule is CCCCCCOC(Cc1cccc(O)c1)C(=O)OC(C)(C)C. The maximum absolute atomic E-state index is 12.4. The fraction of sp³-hybridized carbons (Fsp3) is 0.632. The van der Waals surface area contributed by atoms with Crippen molar-refractivity contribution < 1.29 is 19.4 Å². The molecule has 1 atom stereocenters. The van der Waals surface area contributed by atoms with Crippen LogP contribution in [0.25, 0.3) is 0 Å². The number of hydrogen-bond donors (Lipinski definition) is 1. The predicted molar refractivity (Wildman–Crippen MR) is 91.5 cm³/mol. The second kappa shape index (κ2) is 9.56. The zero-order chi connectivity index (χ0) is 17.3. The molecule has 0 aliphatic heterocycles. The van der Waals surface area contributed by atoms with Gasteiger partial charge in [0, 0.05) is 13.0 Å². The van der Waals surface area contributed by atoms with Crippen molar-refractivity contribution in [2.45, 2.75) is 71.5 Å². The van der Waals surface area contributed by atoms with E-state index in [0.29, 0.717) is 13.0 Å². The Hall–Kier alpha value is -1.55. The van der Waals surface area contributed by atoms with Gasteiger partial charge in [0.1, 0.15) is 11.4 Å². The topological polar surface area (TPSA) is 55.8 Å². The Labute approximate surface area is 139 Å². The van der Waals surface area contributed by atoms with Gasteiger partial charge < -0.3 is 14.6 Å². The first-order valence-corrected chi connectivity index (χ1v) is 8.44. The van der Waals surface area contributed by atoms with Crippen LogP contribution in [0.15, 0.2) is 24.3 Å². The Bertz CT molecular complexity index is 477. The third kappa shape index (κ3) is 8.60. The van der Waals surface area contributed by atoms with Crippen LogP contribution in [0.3, 0.4) is 0 Å². The molecule has 0 aliphatic carbocycles. The number of aromatic hydroxyl groups is 1. The number of phenolic OH excluding ortho intramolecular Hbond substituents is 1. The zero-order valence-corrected chi connectivity index (χ0v) is 14.8. The molecule has 0 amide bonds. The lowest BCUT2D eigenvalue weighted by Gasteiger charge is -2.24. The van der Waals surface area contributed by atoms with Crippen LogP contribution in [0.4, 0.5) is 0 Å². The molecule has 1 aromatic rings. The third-order valence-corrected chi connectivity index (χ3v) is 3.32. The van der Waals surface area contributed by atoms with Gasteiger partial charge in [-0.15, -0.1) is 0 Å². The second-order valence-electron chi connectivity index (χ2n) is 6.83. The third-order valence-electron chi connectivity index (χ3n) is 3.32. The number of ether oxygens (including phenoxy) is 2. The van der Waals surface area contributed by atoms with Gasteiger partial charge in [0.05, 0.1) is 0 Å². The van der Waals surface area contributed by atoms with Gasteiger partial charge in [-0.2, -0.15) is 0 Å². The van der Waals surface area contributed by atoms with Gasteiger partial charge in [-0.3, -0.25) is 0 Å². The Kier molecular flexibility index (Phi) is 8.10. The lowest BCUT2D eigenvalue weighted by atomic mass is 10.1. The van der Waals surface area contributed by atoms with E-state index in [1.54, 1.807) is 18.2 Å². The van der Waals surface area contributed by atoms with E-state index in [0.717, 1.165) is 18.4 Å². The summed E-state index contributed by atoms with van der Waals surface area (Å²) in [5.74, 6) is -0.162. The molecule has 130 valence electrons. The van der Waals surface area contributed by atoms with Gasteiger partial charge in [-0.1, -0.05) is 38.3 Å². The normalized spacial score (nSPS) is 12.9. The van der Waals surface area contributed by atoms with Gasteiger partial charge in [0.2, 0.25) is 0 Å². The van der Waals surface area contributed by atoms with Crippen LogP contribution in [0.5, 0.6) is 5.75 Å². The molecule has 0 fully saturated rings. The first kappa shape index (κ1) is 19.5. The minimum Gasteiger partial charge on any atom is -0.508 e. The quantitative estimate of drug-likeness (QED) is 0.546. The molecule has 4 nitrogen and oxygen atoms in total. The molecule has 0 radical (unpaired) electrons. The minimum absolute atomic E-state index is 0.188.